The Morgan fingerprint density at radius 2 is 1.95 bits per heavy atom. The predicted molar refractivity (Wildman–Crippen MR) is 70.5 cm³/mol. The molecular weight excluding hydrogens is 318 g/mol. The molecule has 0 aliphatic heterocycles. The van der Waals surface area contributed by atoms with Gasteiger partial charge in [-0.15, -0.1) is 0 Å². The summed E-state index contributed by atoms with van der Waals surface area (Å²) in [6.45, 7) is -1.61. The molecule has 0 heterocycles. The van der Waals surface area contributed by atoms with Crippen molar-refractivity contribution >= 4 is 16.1 Å². The van der Waals surface area contributed by atoms with Gasteiger partial charge < -0.3 is 4.74 Å². The summed E-state index contributed by atoms with van der Waals surface area (Å²) in [7, 11) is -5.57. The summed E-state index contributed by atoms with van der Waals surface area (Å²) in [4.78, 5) is 12.4. The Hall–Kier alpha value is -0.760. The molecule has 0 saturated heterocycles. The highest BCUT2D eigenvalue weighted by atomic mass is 32.2. The second kappa shape index (κ2) is 4.01. The first-order chi connectivity index (χ1) is 10.1. The molecule has 0 amide bonds. The van der Waals surface area contributed by atoms with Crippen LogP contribution in [-0.2, 0) is 19.6 Å². The lowest BCUT2D eigenvalue weighted by Crippen LogP contribution is -2.43. The van der Waals surface area contributed by atoms with Crippen molar-refractivity contribution in [1.29, 1.82) is 0 Å². The summed E-state index contributed by atoms with van der Waals surface area (Å²) in [5.74, 6) is 0.898. The molecular formula is C14H18F2O5S. The van der Waals surface area contributed by atoms with Crippen molar-refractivity contribution in [2.24, 2.45) is 28.6 Å². The number of hydrogen-bond acceptors (Lipinski definition) is 4. The van der Waals surface area contributed by atoms with Gasteiger partial charge in [0.2, 0.25) is 0 Å². The molecule has 0 aromatic rings. The zero-order valence-electron chi connectivity index (χ0n) is 11.9. The highest BCUT2D eigenvalue weighted by Gasteiger charge is 2.73. The summed E-state index contributed by atoms with van der Waals surface area (Å²) in [5.41, 5.74) is -0.498. The average Bonchev–Trinajstić information content (AvgIpc) is 2.71. The minimum absolute atomic E-state index is 0.216. The number of rotatable bonds is 4. The van der Waals surface area contributed by atoms with Crippen LogP contribution in [0.1, 0.15) is 38.5 Å². The number of fused-ring (bicyclic) bond motifs is 2. The molecule has 4 rings (SSSR count). The average molecular weight is 336 g/mol. The van der Waals surface area contributed by atoms with Crippen LogP contribution in [0.3, 0.4) is 0 Å². The van der Waals surface area contributed by atoms with E-state index in [1.807, 2.05) is 0 Å². The largest absolute Gasteiger partial charge is 0.458 e. The van der Waals surface area contributed by atoms with Gasteiger partial charge in [0.1, 0.15) is 0 Å². The number of carbonyl (C=O) groups is 1. The van der Waals surface area contributed by atoms with Crippen LogP contribution in [0.4, 0.5) is 8.78 Å². The molecule has 1 N–H and O–H groups in total. The third-order valence-corrected chi connectivity index (χ3v) is 7.52. The Morgan fingerprint density at radius 3 is 2.64 bits per heavy atom. The second-order valence-corrected chi connectivity index (χ2v) is 9.27. The quantitative estimate of drug-likeness (QED) is 0.629. The molecule has 4 aliphatic carbocycles. The topological polar surface area (TPSA) is 80.7 Å². The van der Waals surface area contributed by atoms with Gasteiger partial charge >= 0.3 is 21.3 Å². The Kier molecular flexibility index (Phi) is 2.70. The molecule has 124 valence electrons. The lowest BCUT2D eigenvalue weighted by molar-refractivity contribution is -0.164. The third kappa shape index (κ3) is 1.71. The van der Waals surface area contributed by atoms with E-state index in [4.69, 9.17) is 4.55 Å². The number of halogens is 2. The molecule has 8 heteroatoms. The maximum Gasteiger partial charge on any atom is 0.402 e. The minimum atomic E-state index is -5.57. The molecule has 4 aliphatic rings. The smallest absolute Gasteiger partial charge is 0.402 e. The van der Waals surface area contributed by atoms with E-state index in [0.717, 1.165) is 19.3 Å². The van der Waals surface area contributed by atoms with Crippen molar-refractivity contribution < 1.29 is 31.3 Å². The summed E-state index contributed by atoms with van der Waals surface area (Å²) >= 11 is 0. The van der Waals surface area contributed by atoms with E-state index in [1.165, 1.54) is 0 Å². The van der Waals surface area contributed by atoms with Crippen LogP contribution in [0.15, 0.2) is 0 Å². The molecule has 1 spiro atoms. The van der Waals surface area contributed by atoms with Crippen LogP contribution in [0, 0.1) is 28.6 Å². The van der Waals surface area contributed by atoms with Gasteiger partial charge in [-0.05, 0) is 61.7 Å². The summed E-state index contributed by atoms with van der Waals surface area (Å²) < 4.78 is 60.8. The molecule has 3 bridgehead atoms. The number of carbonyl (C=O) groups excluding carboxylic acids is 1. The maximum atomic E-state index is 13.2. The lowest BCUT2D eigenvalue weighted by Gasteiger charge is -2.49. The van der Waals surface area contributed by atoms with Gasteiger partial charge in [-0.25, -0.2) is 0 Å². The van der Waals surface area contributed by atoms with Crippen LogP contribution in [0.5, 0.6) is 0 Å². The van der Waals surface area contributed by atoms with Crippen LogP contribution in [0.25, 0.3) is 0 Å². The van der Waals surface area contributed by atoms with Gasteiger partial charge in [-0.3, -0.25) is 9.35 Å². The molecule has 4 fully saturated rings. The Balaban J connectivity index is 1.50. The Morgan fingerprint density at radius 1 is 1.23 bits per heavy atom. The number of hydrogen-bond donors (Lipinski definition) is 1. The zero-order chi connectivity index (χ0) is 16.0. The van der Waals surface area contributed by atoms with Crippen LogP contribution < -0.4 is 0 Å². The number of ether oxygens (including phenoxy) is 1. The monoisotopic (exact) mass is 336 g/mol. The predicted octanol–water partition coefficient (Wildman–Crippen LogP) is 2.23. The van der Waals surface area contributed by atoms with Crippen molar-refractivity contribution in [2.45, 2.75) is 43.8 Å². The fourth-order valence-corrected chi connectivity index (χ4v) is 6.18. The van der Waals surface area contributed by atoms with Crippen molar-refractivity contribution in [1.82, 2.24) is 0 Å². The summed E-state index contributed by atoms with van der Waals surface area (Å²) in [6, 6.07) is 0. The summed E-state index contributed by atoms with van der Waals surface area (Å²) in [6.07, 6.45) is 5.41. The molecule has 0 aromatic carbocycles. The van der Waals surface area contributed by atoms with Crippen molar-refractivity contribution in [3.8, 4) is 0 Å². The molecule has 5 unspecified atom stereocenters. The fourth-order valence-electron chi connectivity index (χ4n) is 5.97. The maximum absolute atomic E-state index is 13.2. The standard InChI is InChI=1S/C14H18F2O5S/c15-14(16,22(18,19)20)7-21-11(17)12-3-8-1-9-2-10(5-12)13(9,4-8)6-12/h8-10H,1-7H2,(H,18,19,20). The van der Waals surface area contributed by atoms with Crippen LogP contribution >= 0.6 is 0 Å². The van der Waals surface area contributed by atoms with Crippen molar-refractivity contribution in [3.05, 3.63) is 0 Å². The van der Waals surface area contributed by atoms with E-state index >= 15 is 0 Å². The van der Waals surface area contributed by atoms with E-state index in [2.05, 4.69) is 4.74 Å². The Labute approximate surface area is 127 Å². The van der Waals surface area contributed by atoms with E-state index in [9.17, 15) is 22.0 Å². The van der Waals surface area contributed by atoms with E-state index in [-0.39, 0.29) is 5.41 Å². The normalized spacial score (nSPS) is 45.5. The molecule has 22 heavy (non-hydrogen) atoms. The highest BCUT2D eigenvalue weighted by molar-refractivity contribution is 7.86. The van der Waals surface area contributed by atoms with E-state index in [0.29, 0.717) is 37.0 Å². The molecule has 5 nitrogen and oxygen atoms in total. The molecule has 0 radical (unpaired) electrons. The lowest BCUT2D eigenvalue weighted by atomic mass is 9.55. The first-order valence-electron chi connectivity index (χ1n) is 7.60. The number of esters is 1. The first kappa shape index (κ1) is 14.8. The van der Waals surface area contributed by atoms with Gasteiger partial charge in [0.25, 0.3) is 0 Å². The molecule has 0 aromatic heterocycles. The molecule has 4 saturated carbocycles. The zero-order valence-corrected chi connectivity index (χ0v) is 12.7. The van der Waals surface area contributed by atoms with Gasteiger partial charge in [-0.1, -0.05) is 0 Å². The van der Waals surface area contributed by atoms with Crippen LogP contribution in [-0.4, -0.2) is 30.8 Å². The first-order valence-corrected chi connectivity index (χ1v) is 9.04. The van der Waals surface area contributed by atoms with Crippen molar-refractivity contribution in [2.75, 3.05) is 6.61 Å². The van der Waals surface area contributed by atoms with E-state index in [1.54, 1.807) is 0 Å². The van der Waals surface area contributed by atoms with E-state index < -0.39 is 33.4 Å². The van der Waals surface area contributed by atoms with Gasteiger partial charge in [0, 0.05) is 0 Å². The Bertz CT molecular complexity index is 644. The molecule has 5 atom stereocenters. The van der Waals surface area contributed by atoms with Gasteiger partial charge in [0.15, 0.2) is 6.61 Å². The highest BCUT2D eigenvalue weighted by Crippen LogP contribution is 2.78. The third-order valence-electron chi connectivity index (χ3n) is 6.65. The second-order valence-electron chi connectivity index (χ2n) is 7.72. The summed E-state index contributed by atoms with van der Waals surface area (Å²) in [5, 5.41) is -4.45. The van der Waals surface area contributed by atoms with Crippen molar-refractivity contribution in [3.63, 3.8) is 0 Å². The fraction of sp³-hybridized carbons (Fsp3) is 0.929. The van der Waals surface area contributed by atoms with Gasteiger partial charge in [0.05, 0.1) is 5.41 Å². The number of alkyl halides is 2. The van der Waals surface area contributed by atoms with Gasteiger partial charge in [-0.2, -0.15) is 17.2 Å². The van der Waals surface area contributed by atoms with Crippen LogP contribution in [0.2, 0.25) is 0 Å². The minimum Gasteiger partial charge on any atom is -0.458 e. The SMILES string of the molecule is O=C(OCC(F)(F)S(=O)(=O)O)C12CC3CC4CC(C1)C4(C3)C2.